The number of rotatable bonds is 14. The number of allylic oxidation sites excluding steroid dienone is 2. The number of hydrogen-bond donors (Lipinski definition) is 0. The van der Waals surface area contributed by atoms with Crippen molar-refractivity contribution < 1.29 is 14.7 Å². The molecule has 0 aromatic heterocycles. The molecule has 5 heteroatoms. The van der Waals surface area contributed by atoms with Crippen molar-refractivity contribution in [3.63, 3.8) is 0 Å². The zero-order valence-corrected chi connectivity index (χ0v) is 13.2. The second-order valence-electron chi connectivity index (χ2n) is 5.31. The van der Waals surface area contributed by atoms with E-state index in [9.17, 15) is 14.9 Å². The van der Waals surface area contributed by atoms with E-state index < -0.39 is 11.1 Å². The molecule has 0 amide bonds. The van der Waals surface area contributed by atoms with Crippen molar-refractivity contribution in [2.75, 3.05) is 0 Å². The lowest BCUT2D eigenvalue weighted by Gasteiger charge is -2.00. The molecule has 5 nitrogen and oxygen atoms in total. The highest BCUT2D eigenvalue weighted by Crippen LogP contribution is 2.09. The Bertz CT molecular complexity index is 303. The summed E-state index contributed by atoms with van der Waals surface area (Å²) in [6, 6.07) is 0. The molecule has 0 spiro atoms. The predicted molar refractivity (Wildman–Crippen MR) is 83.3 cm³/mol. The lowest BCUT2D eigenvalue weighted by molar-refractivity contribution is -0.729. The van der Waals surface area contributed by atoms with E-state index in [1.54, 1.807) is 0 Å². The molecule has 21 heavy (non-hydrogen) atoms. The van der Waals surface area contributed by atoms with Crippen LogP contribution in [0.1, 0.15) is 84.0 Å². The molecular weight excluding hydrogens is 270 g/mol. The number of hydrogen-bond acceptors (Lipinski definition) is 4. The van der Waals surface area contributed by atoms with Gasteiger partial charge < -0.3 is 0 Å². The quantitative estimate of drug-likeness (QED) is 0.196. The van der Waals surface area contributed by atoms with E-state index in [2.05, 4.69) is 23.9 Å². The maximum Gasteiger partial charge on any atom is 0.303 e. The highest BCUT2D eigenvalue weighted by Gasteiger charge is 2.06. The van der Waals surface area contributed by atoms with Crippen LogP contribution in [0.25, 0.3) is 0 Å². The largest absolute Gasteiger partial charge is 0.303 e. The molecule has 0 aromatic rings. The third-order valence-corrected chi connectivity index (χ3v) is 3.32. The highest BCUT2D eigenvalue weighted by atomic mass is 17.0. The zero-order valence-electron chi connectivity index (χ0n) is 13.2. The van der Waals surface area contributed by atoms with Gasteiger partial charge in [0.25, 0.3) is 0 Å². The molecule has 122 valence electrons. The minimum absolute atomic E-state index is 0.138. The number of unbranched alkanes of at least 4 members (excludes halogenated alkanes) is 9. The molecule has 0 aliphatic carbocycles. The summed E-state index contributed by atoms with van der Waals surface area (Å²) >= 11 is 0. The fraction of sp³-hybridized carbons (Fsp3) is 0.812. The molecule has 0 rings (SSSR count). The van der Waals surface area contributed by atoms with Crippen LogP contribution in [-0.2, 0) is 9.63 Å². The average Bonchev–Trinajstić information content (AvgIpc) is 2.43. The predicted octanol–water partition coefficient (Wildman–Crippen LogP) is 4.98. The molecule has 0 unspecified atom stereocenters. The molecule has 0 atom stereocenters. The first-order valence-electron chi connectivity index (χ1n) is 8.17. The molecule has 0 heterocycles. The van der Waals surface area contributed by atoms with Crippen molar-refractivity contribution in [1.29, 1.82) is 0 Å². The van der Waals surface area contributed by atoms with Gasteiger partial charge >= 0.3 is 11.1 Å². The minimum Gasteiger partial charge on any atom is -0.268 e. The van der Waals surface area contributed by atoms with Crippen LogP contribution in [-0.4, -0.2) is 11.1 Å². The van der Waals surface area contributed by atoms with Crippen LogP contribution < -0.4 is 0 Å². The number of nitrogens with zero attached hydrogens (tertiary/aromatic N) is 1. The Hall–Kier alpha value is -1.39. The summed E-state index contributed by atoms with van der Waals surface area (Å²) in [5, 5.41) is 8.85. The summed E-state index contributed by atoms with van der Waals surface area (Å²) in [7, 11) is 0. The molecule has 0 radical (unpaired) electrons. The Morgan fingerprint density at radius 1 is 0.952 bits per heavy atom. The Morgan fingerprint density at radius 2 is 1.48 bits per heavy atom. The van der Waals surface area contributed by atoms with Gasteiger partial charge in [0, 0.05) is 6.42 Å². The summed E-state index contributed by atoms with van der Waals surface area (Å²) in [5.41, 5.74) is 0. The van der Waals surface area contributed by atoms with E-state index in [0.29, 0.717) is 6.42 Å². The van der Waals surface area contributed by atoms with Gasteiger partial charge in [-0.05, 0) is 32.1 Å². The molecule has 0 aromatic carbocycles. The average molecular weight is 299 g/mol. The topological polar surface area (TPSA) is 69.4 Å². The fourth-order valence-corrected chi connectivity index (χ4v) is 2.12. The summed E-state index contributed by atoms with van der Waals surface area (Å²) in [6.07, 6.45) is 17.2. The Kier molecular flexibility index (Phi) is 14.0. The van der Waals surface area contributed by atoms with Gasteiger partial charge in [0.1, 0.15) is 0 Å². The lowest BCUT2D eigenvalue weighted by Crippen LogP contribution is -2.09. The van der Waals surface area contributed by atoms with Gasteiger partial charge in [-0.25, -0.2) is 4.84 Å². The summed E-state index contributed by atoms with van der Waals surface area (Å²) in [5.74, 6) is -0.744. The Balaban J connectivity index is 3.20. The number of carbonyl (C=O) groups excluding carboxylic acids is 1. The maximum absolute atomic E-state index is 10.9. The van der Waals surface area contributed by atoms with Crippen molar-refractivity contribution in [3.8, 4) is 0 Å². The zero-order chi connectivity index (χ0) is 15.8. The monoisotopic (exact) mass is 299 g/mol. The van der Waals surface area contributed by atoms with Gasteiger partial charge in [0.05, 0.1) is 0 Å². The van der Waals surface area contributed by atoms with Crippen molar-refractivity contribution >= 4 is 5.97 Å². The van der Waals surface area contributed by atoms with Crippen LogP contribution in [0, 0.1) is 10.1 Å². The Morgan fingerprint density at radius 3 is 2.05 bits per heavy atom. The van der Waals surface area contributed by atoms with Gasteiger partial charge in [-0.3, -0.25) is 4.79 Å². The molecule has 0 aliphatic heterocycles. The van der Waals surface area contributed by atoms with Crippen LogP contribution in [0.2, 0.25) is 0 Å². The van der Waals surface area contributed by atoms with E-state index in [1.165, 1.54) is 38.5 Å². The first kappa shape index (κ1) is 19.6. The summed E-state index contributed by atoms with van der Waals surface area (Å²) in [4.78, 5) is 24.6. The maximum atomic E-state index is 10.9. The highest BCUT2D eigenvalue weighted by molar-refractivity contribution is 5.68. The van der Waals surface area contributed by atoms with E-state index in [-0.39, 0.29) is 6.42 Å². The van der Waals surface area contributed by atoms with Gasteiger partial charge in [-0.2, -0.15) is 0 Å². The minimum atomic E-state index is -1.04. The van der Waals surface area contributed by atoms with Crippen LogP contribution in [0.5, 0.6) is 0 Å². The smallest absolute Gasteiger partial charge is 0.268 e. The molecule has 0 saturated carbocycles. The van der Waals surface area contributed by atoms with Crippen molar-refractivity contribution in [3.05, 3.63) is 22.3 Å². The van der Waals surface area contributed by atoms with Crippen LogP contribution in [0.15, 0.2) is 12.2 Å². The molecule has 0 N–H and O–H groups in total. The standard InChI is InChI=1S/C16H29NO4/c1-2-3-4-5-6-7-8-9-10-11-12-13-14-15-16(18)21-17(19)20/h7-8H,2-6,9-15H2,1H3. The first-order chi connectivity index (χ1) is 10.2. The fourth-order valence-electron chi connectivity index (χ4n) is 2.12. The van der Waals surface area contributed by atoms with Crippen molar-refractivity contribution in [2.24, 2.45) is 0 Å². The van der Waals surface area contributed by atoms with Crippen LogP contribution in [0.3, 0.4) is 0 Å². The van der Waals surface area contributed by atoms with Gasteiger partial charge in [-0.1, -0.05) is 57.6 Å². The molecule has 0 fully saturated rings. The van der Waals surface area contributed by atoms with Gasteiger partial charge in [0.15, 0.2) is 0 Å². The van der Waals surface area contributed by atoms with Crippen LogP contribution >= 0.6 is 0 Å². The van der Waals surface area contributed by atoms with Crippen molar-refractivity contribution in [1.82, 2.24) is 0 Å². The van der Waals surface area contributed by atoms with E-state index >= 15 is 0 Å². The van der Waals surface area contributed by atoms with Gasteiger partial charge in [0.2, 0.25) is 0 Å². The van der Waals surface area contributed by atoms with Crippen molar-refractivity contribution in [2.45, 2.75) is 84.0 Å². The molecular formula is C16H29NO4. The second-order valence-corrected chi connectivity index (χ2v) is 5.31. The molecule has 0 bridgehead atoms. The Labute approximate surface area is 127 Å². The van der Waals surface area contributed by atoms with Crippen LogP contribution in [0.4, 0.5) is 0 Å². The van der Waals surface area contributed by atoms with E-state index in [1.807, 2.05) is 0 Å². The SMILES string of the molecule is CCCCCCC=CCCCCCCCC(=O)O[N+](=O)[O-]. The number of carbonyl (C=O) groups is 1. The summed E-state index contributed by atoms with van der Waals surface area (Å²) in [6.45, 7) is 2.22. The third kappa shape index (κ3) is 16.6. The van der Waals surface area contributed by atoms with Gasteiger partial charge in [-0.15, -0.1) is 10.1 Å². The first-order valence-corrected chi connectivity index (χ1v) is 8.17. The lowest BCUT2D eigenvalue weighted by atomic mass is 10.1. The molecule has 0 saturated heterocycles. The van der Waals surface area contributed by atoms with E-state index in [4.69, 9.17) is 0 Å². The second kappa shape index (κ2) is 15.0. The third-order valence-electron chi connectivity index (χ3n) is 3.32. The summed E-state index contributed by atoms with van der Waals surface area (Å²) < 4.78 is 0. The van der Waals surface area contributed by atoms with E-state index in [0.717, 1.165) is 25.7 Å². The molecule has 0 aliphatic rings. The normalized spacial score (nSPS) is 10.9.